The lowest BCUT2D eigenvalue weighted by molar-refractivity contribution is 0.209. The van der Waals surface area contributed by atoms with Gasteiger partial charge in [0.15, 0.2) is 0 Å². The Morgan fingerprint density at radius 3 is 2.32 bits per heavy atom. The highest BCUT2D eigenvalue weighted by Gasteiger charge is 2.46. The van der Waals surface area contributed by atoms with Crippen LogP contribution in [0.5, 0.6) is 5.75 Å². The molecule has 212 valence electrons. The Labute approximate surface area is 243 Å². The van der Waals surface area contributed by atoms with Gasteiger partial charge in [-0.25, -0.2) is 13.1 Å². The lowest BCUT2D eigenvalue weighted by Crippen LogP contribution is -2.50. The Balaban J connectivity index is 1.37. The molecule has 1 aromatic heterocycles. The van der Waals surface area contributed by atoms with Crippen molar-refractivity contribution in [1.29, 1.82) is 0 Å². The summed E-state index contributed by atoms with van der Waals surface area (Å²) < 4.78 is 37.0. The molecule has 1 fully saturated rings. The van der Waals surface area contributed by atoms with Gasteiger partial charge in [-0.2, -0.15) is 9.40 Å². The van der Waals surface area contributed by atoms with Crippen LogP contribution in [0.3, 0.4) is 0 Å². The van der Waals surface area contributed by atoms with Gasteiger partial charge in [-0.05, 0) is 83.8 Å². The van der Waals surface area contributed by atoms with E-state index in [0.29, 0.717) is 24.4 Å². The average molecular weight is 568 g/mol. The standard InChI is InChI=1S/C34H37N3O3S/c1-33(2,3)27-10-16-31(17-11-27)41(38,39)36-19-18-28-20-32-26(22-34(28,24-36)21-25-8-6-5-7-9-25)23-35-37(32)29-12-14-30(40-4)15-13-29/h5-17,20,23H,18-19,21-22,24H2,1-4H3/t34-/m1/s1. The summed E-state index contributed by atoms with van der Waals surface area (Å²) in [5.41, 5.74) is 6.41. The predicted molar refractivity (Wildman–Crippen MR) is 163 cm³/mol. The van der Waals surface area contributed by atoms with Gasteiger partial charge in [0, 0.05) is 18.5 Å². The lowest BCUT2D eigenvalue weighted by atomic mass is 9.66. The van der Waals surface area contributed by atoms with Gasteiger partial charge in [0.25, 0.3) is 0 Å². The van der Waals surface area contributed by atoms with E-state index >= 15 is 0 Å². The average Bonchev–Trinajstić information content (AvgIpc) is 3.37. The minimum atomic E-state index is -3.65. The van der Waals surface area contributed by atoms with Crippen molar-refractivity contribution in [1.82, 2.24) is 14.1 Å². The van der Waals surface area contributed by atoms with E-state index in [1.807, 2.05) is 53.3 Å². The zero-order valence-electron chi connectivity index (χ0n) is 24.2. The number of nitrogens with zero attached hydrogens (tertiary/aromatic N) is 3. The number of methoxy groups -OCH3 is 1. The number of ether oxygens (including phenoxy) is 1. The minimum absolute atomic E-state index is 0.0388. The first-order valence-corrected chi connectivity index (χ1v) is 15.6. The van der Waals surface area contributed by atoms with E-state index in [9.17, 15) is 8.42 Å². The molecular weight excluding hydrogens is 530 g/mol. The lowest BCUT2D eigenvalue weighted by Gasteiger charge is -2.46. The Morgan fingerprint density at radius 1 is 0.951 bits per heavy atom. The van der Waals surface area contributed by atoms with Crippen molar-refractivity contribution in [2.45, 2.75) is 50.3 Å². The number of hydrogen-bond acceptors (Lipinski definition) is 4. The summed E-state index contributed by atoms with van der Waals surface area (Å²) in [6.45, 7) is 7.30. The summed E-state index contributed by atoms with van der Waals surface area (Å²) in [6.07, 6.45) is 6.38. The molecule has 3 aromatic carbocycles. The highest BCUT2D eigenvalue weighted by atomic mass is 32.2. The first kappa shape index (κ1) is 27.5. The zero-order chi connectivity index (χ0) is 28.8. The molecule has 0 amide bonds. The fraction of sp³-hybridized carbons (Fsp3) is 0.324. The summed E-state index contributed by atoms with van der Waals surface area (Å²) in [6, 6.07) is 25.7. The molecule has 1 saturated heterocycles. The second-order valence-corrected chi connectivity index (χ2v) is 14.3. The van der Waals surface area contributed by atoms with Crippen LogP contribution in [0.4, 0.5) is 0 Å². The molecular formula is C34H37N3O3S. The molecule has 2 aliphatic rings. The van der Waals surface area contributed by atoms with Crippen LogP contribution in [0, 0.1) is 5.41 Å². The van der Waals surface area contributed by atoms with Gasteiger partial charge >= 0.3 is 0 Å². The highest BCUT2D eigenvalue weighted by molar-refractivity contribution is 7.89. The topological polar surface area (TPSA) is 64.4 Å². The molecule has 4 aromatic rings. The predicted octanol–water partition coefficient (Wildman–Crippen LogP) is 6.44. The largest absolute Gasteiger partial charge is 0.497 e. The van der Waals surface area contributed by atoms with Crippen LogP contribution in [0.15, 0.2) is 95.5 Å². The molecule has 1 aliphatic heterocycles. The van der Waals surface area contributed by atoms with Gasteiger partial charge in [0.2, 0.25) is 10.0 Å². The van der Waals surface area contributed by atoms with Gasteiger partial charge in [-0.3, -0.25) is 0 Å². The molecule has 2 heterocycles. The Kier molecular flexibility index (Phi) is 6.91. The smallest absolute Gasteiger partial charge is 0.243 e. The Morgan fingerprint density at radius 2 is 1.66 bits per heavy atom. The molecule has 0 spiro atoms. The van der Waals surface area contributed by atoms with E-state index in [1.54, 1.807) is 23.5 Å². The molecule has 41 heavy (non-hydrogen) atoms. The second-order valence-electron chi connectivity index (χ2n) is 12.3. The molecule has 6 nitrogen and oxygen atoms in total. The van der Waals surface area contributed by atoms with Crippen LogP contribution in [-0.4, -0.2) is 42.7 Å². The van der Waals surface area contributed by atoms with Crippen molar-refractivity contribution < 1.29 is 13.2 Å². The number of piperidine rings is 1. The van der Waals surface area contributed by atoms with Gasteiger partial charge < -0.3 is 4.74 Å². The number of benzene rings is 3. The van der Waals surface area contributed by atoms with Crippen molar-refractivity contribution in [3.8, 4) is 11.4 Å². The minimum Gasteiger partial charge on any atom is -0.497 e. The van der Waals surface area contributed by atoms with E-state index < -0.39 is 10.0 Å². The van der Waals surface area contributed by atoms with Crippen molar-refractivity contribution in [2.24, 2.45) is 5.41 Å². The van der Waals surface area contributed by atoms with Gasteiger partial charge in [0.1, 0.15) is 5.75 Å². The molecule has 0 unspecified atom stereocenters. The first-order valence-electron chi connectivity index (χ1n) is 14.2. The monoisotopic (exact) mass is 567 g/mol. The van der Waals surface area contributed by atoms with E-state index in [2.05, 4.69) is 51.1 Å². The Bertz CT molecular complexity index is 1680. The molecule has 0 saturated carbocycles. The third-order valence-electron chi connectivity index (χ3n) is 8.58. The van der Waals surface area contributed by atoms with Gasteiger partial charge in [0.05, 0.1) is 29.6 Å². The molecule has 0 N–H and O–H groups in total. The number of fused-ring (bicyclic) bond motifs is 2. The first-order chi connectivity index (χ1) is 19.6. The molecule has 0 bridgehead atoms. The van der Waals surface area contributed by atoms with Crippen molar-refractivity contribution in [3.05, 3.63) is 113 Å². The van der Waals surface area contributed by atoms with E-state index in [0.717, 1.165) is 41.1 Å². The maximum Gasteiger partial charge on any atom is 0.243 e. The molecule has 6 rings (SSSR count). The summed E-state index contributed by atoms with van der Waals surface area (Å²) in [4.78, 5) is 0.358. The number of sulfonamides is 1. The normalized spacial score (nSPS) is 19.3. The van der Waals surface area contributed by atoms with Crippen LogP contribution in [-0.2, 0) is 28.3 Å². The highest BCUT2D eigenvalue weighted by Crippen LogP contribution is 2.47. The van der Waals surface area contributed by atoms with Crippen LogP contribution in [0.25, 0.3) is 11.8 Å². The second kappa shape index (κ2) is 10.3. The van der Waals surface area contributed by atoms with Gasteiger partial charge in [-0.1, -0.05) is 68.8 Å². The molecule has 1 aliphatic carbocycles. The van der Waals surface area contributed by atoms with Crippen molar-refractivity contribution in [2.75, 3.05) is 20.2 Å². The van der Waals surface area contributed by atoms with Crippen LogP contribution in [0.1, 0.15) is 49.6 Å². The third kappa shape index (κ3) is 5.13. The molecule has 1 atom stereocenters. The van der Waals surface area contributed by atoms with Crippen LogP contribution < -0.4 is 4.74 Å². The summed E-state index contributed by atoms with van der Waals surface area (Å²) >= 11 is 0. The van der Waals surface area contributed by atoms with Gasteiger partial charge in [-0.15, -0.1) is 0 Å². The summed E-state index contributed by atoms with van der Waals surface area (Å²) in [5, 5.41) is 4.76. The fourth-order valence-corrected chi connectivity index (χ4v) is 7.79. The molecule has 7 heteroatoms. The third-order valence-corrected chi connectivity index (χ3v) is 10.4. The number of rotatable bonds is 6. The fourth-order valence-electron chi connectivity index (χ4n) is 6.26. The van der Waals surface area contributed by atoms with E-state index in [1.165, 1.54) is 11.1 Å². The summed E-state index contributed by atoms with van der Waals surface area (Å²) in [5.74, 6) is 0.802. The van der Waals surface area contributed by atoms with E-state index in [4.69, 9.17) is 9.84 Å². The molecule has 0 radical (unpaired) electrons. The summed E-state index contributed by atoms with van der Waals surface area (Å²) in [7, 11) is -1.99. The SMILES string of the molecule is COc1ccc(-n2ncc3c2C=C2CCN(S(=O)(=O)c4ccc(C(C)(C)C)cc4)C[C@@]2(Cc2ccccc2)C3)cc1. The maximum absolute atomic E-state index is 14.0. The van der Waals surface area contributed by atoms with Crippen molar-refractivity contribution >= 4 is 16.1 Å². The van der Waals surface area contributed by atoms with Crippen molar-refractivity contribution in [3.63, 3.8) is 0 Å². The van der Waals surface area contributed by atoms with E-state index in [-0.39, 0.29) is 10.8 Å². The maximum atomic E-state index is 14.0. The van der Waals surface area contributed by atoms with Crippen LogP contribution >= 0.6 is 0 Å². The zero-order valence-corrected chi connectivity index (χ0v) is 25.0. The number of aromatic nitrogens is 2. The Hall–Kier alpha value is -3.68. The quantitative estimate of drug-likeness (QED) is 0.269. The van der Waals surface area contributed by atoms with Crippen LogP contribution in [0.2, 0.25) is 0 Å². The number of hydrogen-bond donors (Lipinski definition) is 0.